The van der Waals surface area contributed by atoms with Crippen molar-refractivity contribution in [2.24, 2.45) is 0 Å². The second kappa shape index (κ2) is 6.78. The van der Waals surface area contributed by atoms with Crippen LogP contribution >= 0.6 is 0 Å². The van der Waals surface area contributed by atoms with Gasteiger partial charge in [-0.2, -0.15) is 5.10 Å². The number of hydrogen-bond acceptors (Lipinski definition) is 5. The number of hydrogen-bond donors (Lipinski definition) is 2. The molecule has 0 saturated heterocycles. The molecule has 120 valence electrons. The second-order valence-corrected chi connectivity index (χ2v) is 5.03. The molecule has 6 nitrogen and oxygen atoms in total. The van der Waals surface area contributed by atoms with Crippen LogP contribution < -0.4 is 10.5 Å². The van der Waals surface area contributed by atoms with Crippen molar-refractivity contribution in [1.29, 1.82) is 0 Å². The third kappa shape index (κ3) is 3.17. The van der Waals surface area contributed by atoms with Gasteiger partial charge in [0.1, 0.15) is 23.7 Å². The number of ether oxygens (including phenoxy) is 1. The summed E-state index contributed by atoms with van der Waals surface area (Å²) in [6.07, 6.45) is 8.91. The van der Waals surface area contributed by atoms with E-state index in [1.807, 2.05) is 49.4 Å². The Balaban J connectivity index is 1.83. The maximum absolute atomic E-state index is 5.93. The normalized spacial score (nSPS) is 11.5. The van der Waals surface area contributed by atoms with Crippen molar-refractivity contribution in [1.82, 2.24) is 20.2 Å². The van der Waals surface area contributed by atoms with Crippen molar-refractivity contribution in [2.45, 2.75) is 6.92 Å². The highest BCUT2D eigenvalue weighted by atomic mass is 16.5. The molecular formula is C18H17N5O. The van der Waals surface area contributed by atoms with Crippen molar-refractivity contribution < 1.29 is 4.74 Å². The van der Waals surface area contributed by atoms with Gasteiger partial charge < -0.3 is 10.5 Å². The van der Waals surface area contributed by atoms with Gasteiger partial charge in [-0.05, 0) is 37.3 Å². The molecule has 0 unspecified atom stereocenters. The summed E-state index contributed by atoms with van der Waals surface area (Å²) in [5.74, 6) is 1.65. The van der Waals surface area contributed by atoms with E-state index in [4.69, 9.17) is 10.5 Å². The molecule has 3 aromatic rings. The van der Waals surface area contributed by atoms with E-state index >= 15 is 0 Å². The van der Waals surface area contributed by atoms with E-state index in [1.165, 1.54) is 6.33 Å². The smallest absolute Gasteiger partial charge is 0.186 e. The zero-order valence-electron chi connectivity index (χ0n) is 13.2. The average Bonchev–Trinajstić information content (AvgIpc) is 3.01. The summed E-state index contributed by atoms with van der Waals surface area (Å²) in [5.41, 5.74) is 8.17. The monoisotopic (exact) mass is 319 g/mol. The van der Waals surface area contributed by atoms with Gasteiger partial charge in [0.05, 0.1) is 11.1 Å². The molecule has 0 aliphatic carbocycles. The molecular weight excluding hydrogens is 302 g/mol. The fourth-order valence-electron chi connectivity index (χ4n) is 2.24. The number of nitrogens with zero attached hydrogens (tertiary/aromatic N) is 3. The Kier molecular flexibility index (Phi) is 4.38. The van der Waals surface area contributed by atoms with E-state index in [0.29, 0.717) is 28.4 Å². The fourth-order valence-corrected chi connectivity index (χ4v) is 2.24. The molecule has 0 amide bonds. The Morgan fingerprint density at radius 1 is 1.21 bits per heavy atom. The van der Waals surface area contributed by atoms with Gasteiger partial charge >= 0.3 is 0 Å². The second-order valence-electron chi connectivity index (χ2n) is 5.03. The summed E-state index contributed by atoms with van der Waals surface area (Å²) >= 11 is 0. The molecule has 2 aromatic heterocycles. The number of aromatic amines is 1. The molecule has 0 spiro atoms. The zero-order valence-corrected chi connectivity index (χ0v) is 13.2. The highest BCUT2D eigenvalue weighted by Crippen LogP contribution is 2.29. The van der Waals surface area contributed by atoms with Crippen molar-refractivity contribution in [2.75, 3.05) is 5.73 Å². The van der Waals surface area contributed by atoms with Crippen LogP contribution in [0.3, 0.4) is 0 Å². The molecule has 6 heteroatoms. The summed E-state index contributed by atoms with van der Waals surface area (Å²) in [6, 6.07) is 7.54. The van der Waals surface area contributed by atoms with Gasteiger partial charge in [-0.15, -0.1) is 0 Å². The van der Waals surface area contributed by atoms with E-state index < -0.39 is 0 Å². The van der Waals surface area contributed by atoms with E-state index in [1.54, 1.807) is 6.08 Å². The van der Waals surface area contributed by atoms with Crippen LogP contribution in [0, 0.1) is 0 Å². The third-order valence-corrected chi connectivity index (χ3v) is 3.36. The highest BCUT2D eigenvalue weighted by molar-refractivity contribution is 5.97. The van der Waals surface area contributed by atoms with Crippen LogP contribution in [-0.2, 0) is 0 Å². The topological polar surface area (TPSA) is 89.7 Å². The van der Waals surface area contributed by atoms with Gasteiger partial charge in [-0.25, -0.2) is 9.97 Å². The minimum absolute atomic E-state index is 0.395. The van der Waals surface area contributed by atoms with Crippen LogP contribution in [0.4, 0.5) is 5.82 Å². The number of nitrogens with two attached hydrogens (primary N) is 1. The van der Waals surface area contributed by atoms with E-state index in [2.05, 4.69) is 26.7 Å². The number of fused-ring (bicyclic) bond motifs is 1. The van der Waals surface area contributed by atoms with Crippen LogP contribution in [0.1, 0.15) is 6.92 Å². The van der Waals surface area contributed by atoms with Gasteiger partial charge in [0, 0.05) is 5.56 Å². The summed E-state index contributed by atoms with van der Waals surface area (Å²) in [6.45, 7) is 5.80. The lowest BCUT2D eigenvalue weighted by atomic mass is 10.1. The molecule has 24 heavy (non-hydrogen) atoms. The maximum atomic E-state index is 5.93. The molecule has 0 fully saturated rings. The van der Waals surface area contributed by atoms with E-state index in [0.717, 1.165) is 11.3 Å². The van der Waals surface area contributed by atoms with Crippen LogP contribution in [0.5, 0.6) is 5.75 Å². The van der Waals surface area contributed by atoms with Crippen molar-refractivity contribution in [3.63, 3.8) is 0 Å². The largest absolute Gasteiger partial charge is 0.458 e. The highest BCUT2D eigenvalue weighted by Gasteiger charge is 2.12. The predicted octanol–water partition coefficient (Wildman–Crippen LogP) is 3.63. The minimum atomic E-state index is 0.395. The Labute approximate surface area is 139 Å². The quantitative estimate of drug-likeness (QED) is 0.553. The first-order chi connectivity index (χ1) is 11.7. The van der Waals surface area contributed by atoms with Crippen molar-refractivity contribution in [3.8, 4) is 17.0 Å². The summed E-state index contributed by atoms with van der Waals surface area (Å²) in [4.78, 5) is 8.11. The number of nitrogen functional groups attached to an aromatic ring is 1. The van der Waals surface area contributed by atoms with E-state index in [9.17, 15) is 0 Å². The molecule has 0 bridgehead atoms. The van der Waals surface area contributed by atoms with Crippen LogP contribution in [0.25, 0.3) is 22.3 Å². The number of aromatic nitrogens is 4. The Bertz CT molecular complexity index is 922. The number of allylic oxidation sites excluding steroid dienone is 4. The molecule has 0 aliphatic heterocycles. The van der Waals surface area contributed by atoms with E-state index in [-0.39, 0.29) is 0 Å². The standard InChI is InChI=1S/C18H17N5O/c1-3-4-5-6-12(2)24-14-9-7-13(8-10-14)16-15-17(19)20-11-21-18(15)23-22-16/h3-11H,2H2,1H3,(H3,19,20,21,22,23)/b4-3-,6-5-. The third-order valence-electron chi connectivity index (χ3n) is 3.36. The SMILES string of the molecule is C=C(/C=C\C=C/C)Oc1ccc(-c2[nH]nc3ncnc(N)c23)cc1. The van der Waals surface area contributed by atoms with Crippen LogP contribution in [0.15, 0.2) is 67.2 Å². The number of H-pyrrole nitrogens is 1. The molecule has 0 saturated carbocycles. The molecule has 3 rings (SSSR count). The van der Waals surface area contributed by atoms with Crippen LogP contribution in [-0.4, -0.2) is 20.2 Å². The first-order valence-electron chi connectivity index (χ1n) is 7.40. The number of rotatable bonds is 5. The van der Waals surface area contributed by atoms with Gasteiger partial charge in [0.25, 0.3) is 0 Å². The molecule has 3 N–H and O–H groups in total. The lowest BCUT2D eigenvalue weighted by Crippen LogP contribution is -1.93. The maximum Gasteiger partial charge on any atom is 0.186 e. The number of benzene rings is 1. The lowest BCUT2D eigenvalue weighted by molar-refractivity contribution is 0.447. The van der Waals surface area contributed by atoms with Gasteiger partial charge in [-0.3, -0.25) is 5.10 Å². The molecule has 0 atom stereocenters. The van der Waals surface area contributed by atoms with Gasteiger partial charge in [0.15, 0.2) is 5.65 Å². The Hall–Kier alpha value is -3.41. The first kappa shape index (κ1) is 15.5. The Morgan fingerprint density at radius 2 is 2.00 bits per heavy atom. The average molecular weight is 319 g/mol. The number of anilines is 1. The number of nitrogens with one attached hydrogen (secondary N) is 1. The van der Waals surface area contributed by atoms with Gasteiger partial charge in [0.2, 0.25) is 0 Å². The lowest BCUT2D eigenvalue weighted by Gasteiger charge is -2.06. The minimum Gasteiger partial charge on any atom is -0.458 e. The summed E-state index contributed by atoms with van der Waals surface area (Å²) in [5, 5.41) is 7.82. The van der Waals surface area contributed by atoms with Crippen molar-refractivity contribution in [3.05, 3.63) is 67.2 Å². The first-order valence-corrected chi connectivity index (χ1v) is 7.40. The van der Waals surface area contributed by atoms with Crippen molar-refractivity contribution >= 4 is 16.9 Å². The molecule has 0 radical (unpaired) electrons. The van der Waals surface area contributed by atoms with Crippen LogP contribution in [0.2, 0.25) is 0 Å². The Morgan fingerprint density at radius 3 is 2.75 bits per heavy atom. The predicted molar refractivity (Wildman–Crippen MR) is 95.3 cm³/mol. The fraction of sp³-hybridized carbons (Fsp3) is 0.0556. The summed E-state index contributed by atoms with van der Waals surface area (Å²) < 4.78 is 5.65. The zero-order chi connectivity index (χ0) is 16.9. The summed E-state index contributed by atoms with van der Waals surface area (Å²) in [7, 11) is 0. The molecule has 0 aliphatic rings. The molecule has 1 aromatic carbocycles. The molecule has 2 heterocycles. The van der Waals surface area contributed by atoms with Gasteiger partial charge in [-0.1, -0.05) is 24.8 Å².